The fourth-order valence-electron chi connectivity index (χ4n) is 4.49. The van der Waals surface area contributed by atoms with Crippen LogP contribution in [0.2, 0.25) is 0 Å². The molecule has 2 aliphatic rings. The molecule has 2 amide bonds. The molecule has 14 heteroatoms. The van der Waals surface area contributed by atoms with Gasteiger partial charge < -0.3 is 19.7 Å². The van der Waals surface area contributed by atoms with Crippen molar-refractivity contribution in [1.82, 2.24) is 29.3 Å². The minimum atomic E-state index is -3.05. The van der Waals surface area contributed by atoms with Gasteiger partial charge >= 0.3 is 12.7 Å². The Labute approximate surface area is 244 Å². The Morgan fingerprint density at radius 1 is 1.19 bits per heavy atom. The van der Waals surface area contributed by atoms with E-state index in [4.69, 9.17) is 14.6 Å². The predicted molar refractivity (Wildman–Crippen MR) is 151 cm³/mol. The van der Waals surface area contributed by atoms with Crippen LogP contribution in [0.1, 0.15) is 50.0 Å². The number of nitrogens with one attached hydrogen (secondary N) is 1. The van der Waals surface area contributed by atoms with Crippen LogP contribution in [0.25, 0.3) is 16.9 Å². The summed E-state index contributed by atoms with van der Waals surface area (Å²) in [6, 6.07) is 6.48. The van der Waals surface area contributed by atoms with E-state index in [1.54, 1.807) is 78.9 Å². The van der Waals surface area contributed by atoms with E-state index in [9.17, 15) is 18.4 Å². The molecule has 6 rings (SSSR count). The highest BCUT2D eigenvalue weighted by Gasteiger charge is 2.36. The molecule has 220 valence electrons. The first-order chi connectivity index (χ1) is 20.0. The molecule has 1 aliphatic carbocycles. The normalized spacial score (nSPS) is 15.6. The lowest BCUT2D eigenvalue weighted by Gasteiger charge is -2.39. The van der Waals surface area contributed by atoms with Gasteiger partial charge in [-0.25, -0.2) is 14.3 Å². The second-order valence-corrected chi connectivity index (χ2v) is 12.5. The molecule has 11 nitrogen and oxygen atoms in total. The van der Waals surface area contributed by atoms with Gasteiger partial charge in [-0.2, -0.15) is 19.0 Å². The number of alkyl halides is 2. The Hall–Kier alpha value is -4.20. The standard InChI is InChI=1S/C28H29F2N7O4S/c1-28(2,3)41-27(39)35-13-16(14-35)37-15-21(33-25(38)20-12-32-36-10-4-9-31-24(20)36)23(34-37)19-11-18(42-17-5-6-17)7-8-22(19)40-26(29)30/h4,7-12,15-17,26H,5-6,13-14H2,1-3H3,(H,33,38). The molecule has 4 aromatic rings. The summed E-state index contributed by atoms with van der Waals surface area (Å²) in [6.07, 6.45) is 8.02. The Bertz CT molecular complexity index is 1640. The topological polar surface area (TPSA) is 116 Å². The molecular formula is C28H29F2N7O4S. The number of rotatable bonds is 8. The number of benzene rings is 1. The fraction of sp³-hybridized carbons (Fsp3) is 0.393. The third-order valence-corrected chi connectivity index (χ3v) is 7.97. The summed E-state index contributed by atoms with van der Waals surface area (Å²) in [5, 5.41) is 12.3. The Balaban J connectivity index is 1.34. The van der Waals surface area contributed by atoms with E-state index in [0.717, 1.165) is 17.7 Å². The van der Waals surface area contributed by atoms with E-state index < -0.39 is 24.2 Å². The van der Waals surface area contributed by atoms with Crippen LogP contribution in [0.4, 0.5) is 19.3 Å². The van der Waals surface area contributed by atoms with Gasteiger partial charge in [-0.15, -0.1) is 11.8 Å². The van der Waals surface area contributed by atoms with Crippen LogP contribution >= 0.6 is 11.8 Å². The maximum Gasteiger partial charge on any atom is 0.410 e. The molecule has 0 atom stereocenters. The monoisotopic (exact) mass is 597 g/mol. The highest BCUT2D eigenvalue weighted by Crippen LogP contribution is 2.43. The van der Waals surface area contributed by atoms with E-state index in [-0.39, 0.29) is 23.0 Å². The summed E-state index contributed by atoms with van der Waals surface area (Å²) in [5.74, 6) is -0.555. The van der Waals surface area contributed by atoms with Gasteiger partial charge in [0.15, 0.2) is 5.65 Å². The van der Waals surface area contributed by atoms with E-state index >= 15 is 0 Å². The number of amides is 2. The van der Waals surface area contributed by atoms with Crippen molar-refractivity contribution in [2.75, 3.05) is 18.4 Å². The second-order valence-electron chi connectivity index (χ2n) is 11.2. The number of nitrogens with zero attached hydrogens (tertiary/aromatic N) is 6. The zero-order valence-corrected chi connectivity index (χ0v) is 24.0. The number of halogens is 2. The molecule has 2 fully saturated rings. The van der Waals surface area contributed by atoms with Crippen molar-refractivity contribution in [1.29, 1.82) is 0 Å². The zero-order valence-electron chi connectivity index (χ0n) is 23.2. The quantitative estimate of drug-likeness (QED) is 0.283. The van der Waals surface area contributed by atoms with E-state index in [2.05, 4.69) is 15.4 Å². The van der Waals surface area contributed by atoms with Crippen molar-refractivity contribution in [2.45, 2.75) is 62.0 Å². The molecule has 1 N–H and O–H groups in total. The van der Waals surface area contributed by atoms with Crippen LogP contribution in [0.3, 0.4) is 0 Å². The van der Waals surface area contributed by atoms with E-state index in [1.807, 2.05) is 0 Å². The highest BCUT2D eigenvalue weighted by molar-refractivity contribution is 8.00. The Morgan fingerprint density at radius 3 is 2.69 bits per heavy atom. The Kier molecular flexibility index (Phi) is 7.25. The third-order valence-electron chi connectivity index (χ3n) is 6.64. The molecule has 4 heterocycles. The number of fused-ring (bicyclic) bond motifs is 1. The summed E-state index contributed by atoms with van der Waals surface area (Å²) >= 11 is 1.66. The van der Waals surface area contributed by atoms with Crippen molar-refractivity contribution in [3.05, 3.63) is 54.6 Å². The van der Waals surface area contributed by atoms with Gasteiger partial charge in [-0.1, -0.05) is 0 Å². The average Bonchev–Trinajstić information content (AvgIpc) is 3.44. The van der Waals surface area contributed by atoms with E-state index in [0.29, 0.717) is 35.2 Å². The van der Waals surface area contributed by atoms with Gasteiger partial charge in [0, 0.05) is 47.4 Å². The molecule has 3 aromatic heterocycles. The number of carbonyl (C=O) groups is 2. The molecule has 1 saturated heterocycles. The number of hydrogen-bond donors (Lipinski definition) is 1. The first kappa shape index (κ1) is 27.9. The number of carbonyl (C=O) groups excluding carboxylic acids is 2. The lowest BCUT2D eigenvalue weighted by molar-refractivity contribution is -0.0495. The summed E-state index contributed by atoms with van der Waals surface area (Å²) < 4.78 is 40.3. The van der Waals surface area contributed by atoms with Crippen LogP contribution in [0.5, 0.6) is 5.75 Å². The van der Waals surface area contributed by atoms with Gasteiger partial charge in [-0.3, -0.25) is 9.48 Å². The van der Waals surface area contributed by atoms with Crippen molar-refractivity contribution in [2.24, 2.45) is 0 Å². The van der Waals surface area contributed by atoms with E-state index in [1.165, 1.54) is 16.8 Å². The van der Waals surface area contributed by atoms with Gasteiger partial charge in [0.25, 0.3) is 5.91 Å². The molecular weight excluding hydrogens is 568 g/mol. The highest BCUT2D eigenvalue weighted by atomic mass is 32.2. The SMILES string of the molecule is CC(C)(C)OC(=O)N1CC(n2cc(NC(=O)c3cnn4cccnc34)c(-c3cc(SC4CC4)ccc3OC(F)F)n2)C1. The lowest BCUT2D eigenvalue weighted by Crippen LogP contribution is -2.52. The number of thioether (sulfide) groups is 1. The van der Waals surface area contributed by atoms with Crippen LogP contribution < -0.4 is 10.1 Å². The molecule has 1 saturated carbocycles. The summed E-state index contributed by atoms with van der Waals surface area (Å²) in [5.41, 5.74) is 0.833. The maximum absolute atomic E-state index is 13.4. The number of hydrogen-bond acceptors (Lipinski definition) is 8. The summed E-state index contributed by atoms with van der Waals surface area (Å²) in [4.78, 5) is 32.6. The largest absolute Gasteiger partial charge is 0.444 e. The van der Waals surface area contributed by atoms with Crippen molar-refractivity contribution < 1.29 is 27.8 Å². The number of aromatic nitrogens is 5. The van der Waals surface area contributed by atoms with Gasteiger partial charge in [-0.05, 0) is 57.9 Å². The van der Waals surface area contributed by atoms with Crippen LogP contribution in [-0.2, 0) is 4.74 Å². The summed E-state index contributed by atoms with van der Waals surface area (Å²) in [7, 11) is 0. The van der Waals surface area contributed by atoms with Crippen molar-refractivity contribution in [3.8, 4) is 17.0 Å². The van der Waals surface area contributed by atoms with Crippen LogP contribution in [0.15, 0.2) is 53.9 Å². The number of ether oxygens (including phenoxy) is 2. The van der Waals surface area contributed by atoms with Crippen molar-refractivity contribution >= 4 is 35.1 Å². The van der Waals surface area contributed by atoms with Crippen LogP contribution in [-0.4, -0.2) is 71.8 Å². The molecule has 0 unspecified atom stereocenters. The predicted octanol–water partition coefficient (Wildman–Crippen LogP) is 5.49. The molecule has 0 spiro atoms. The first-order valence-corrected chi connectivity index (χ1v) is 14.3. The average molecular weight is 598 g/mol. The number of likely N-dealkylation sites (tertiary alicyclic amines) is 1. The molecule has 0 bridgehead atoms. The first-order valence-electron chi connectivity index (χ1n) is 13.5. The van der Waals surface area contributed by atoms with Crippen LogP contribution in [0, 0.1) is 0 Å². The molecule has 1 aromatic carbocycles. The minimum Gasteiger partial charge on any atom is -0.444 e. The molecule has 0 radical (unpaired) electrons. The fourth-order valence-corrected chi connectivity index (χ4v) is 5.58. The van der Waals surface area contributed by atoms with Gasteiger partial charge in [0.2, 0.25) is 0 Å². The minimum absolute atomic E-state index is 0.0625. The van der Waals surface area contributed by atoms with Gasteiger partial charge in [0.1, 0.15) is 22.6 Å². The third kappa shape index (κ3) is 6.03. The Morgan fingerprint density at radius 2 is 1.98 bits per heavy atom. The zero-order chi connectivity index (χ0) is 29.6. The number of anilines is 1. The lowest BCUT2D eigenvalue weighted by atomic mass is 10.1. The molecule has 42 heavy (non-hydrogen) atoms. The van der Waals surface area contributed by atoms with Crippen molar-refractivity contribution in [3.63, 3.8) is 0 Å². The smallest absolute Gasteiger partial charge is 0.410 e. The van der Waals surface area contributed by atoms with Gasteiger partial charge in [0.05, 0.1) is 17.9 Å². The molecule has 1 aliphatic heterocycles. The maximum atomic E-state index is 13.4. The summed E-state index contributed by atoms with van der Waals surface area (Å²) in [6.45, 7) is 3.00. The second kappa shape index (κ2) is 10.9.